The van der Waals surface area contributed by atoms with Crippen LogP contribution in [0.5, 0.6) is 0 Å². The predicted octanol–water partition coefficient (Wildman–Crippen LogP) is 2.41. The van der Waals surface area contributed by atoms with Crippen LogP contribution in [-0.2, 0) is 4.79 Å². The molecular formula is C15H28N2O. The molecule has 1 heterocycles. The Morgan fingerprint density at radius 3 is 2.61 bits per heavy atom. The number of nitrogens with one attached hydrogen (secondary N) is 1. The lowest BCUT2D eigenvalue weighted by atomic mass is 9.81. The monoisotopic (exact) mass is 252 g/mol. The van der Waals surface area contributed by atoms with Crippen LogP contribution in [0.1, 0.15) is 52.4 Å². The first-order valence-corrected chi connectivity index (χ1v) is 7.73. The third-order valence-electron chi connectivity index (χ3n) is 4.69. The van der Waals surface area contributed by atoms with E-state index in [4.69, 9.17) is 0 Å². The van der Waals surface area contributed by atoms with E-state index in [1.807, 2.05) is 0 Å². The van der Waals surface area contributed by atoms with Gasteiger partial charge in [0, 0.05) is 13.1 Å². The Balaban J connectivity index is 1.69. The molecule has 0 spiro atoms. The minimum atomic E-state index is 0.0985. The minimum absolute atomic E-state index is 0.0985. The first-order valence-electron chi connectivity index (χ1n) is 7.73. The predicted molar refractivity (Wildman–Crippen MR) is 74.4 cm³/mol. The molecule has 1 saturated heterocycles. The van der Waals surface area contributed by atoms with Gasteiger partial charge in [-0.25, -0.2) is 0 Å². The Kier molecular flexibility index (Phi) is 5.04. The molecule has 2 fully saturated rings. The van der Waals surface area contributed by atoms with Crippen molar-refractivity contribution in [3.05, 3.63) is 0 Å². The highest BCUT2D eigenvalue weighted by Crippen LogP contribution is 2.30. The fourth-order valence-electron chi connectivity index (χ4n) is 3.35. The first-order chi connectivity index (χ1) is 8.70. The lowest BCUT2D eigenvalue weighted by Crippen LogP contribution is -2.38. The third-order valence-corrected chi connectivity index (χ3v) is 4.69. The zero-order valence-corrected chi connectivity index (χ0v) is 12.0. The van der Waals surface area contributed by atoms with E-state index < -0.39 is 0 Å². The Morgan fingerprint density at radius 2 is 1.94 bits per heavy atom. The summed E-state index contributed by atoms with van der Waals surface area (Å²) in [6.45, 7) is 7.27. The summed E-state index contributed by atoms with van der Waals surface area (Å²) in [5.74, 6) is 2.13. The lowest BCUT2D eigenvalue weighted by Gasteiger charge is -2.27. The molecule has 0 bridgehead atoms. The highest BCUT2D eigenvalue weighted by molar-refractivity contribution is 5.83. The van der Waals surface area contributed by atoms with Crippen LogP contribution in [-0.4, -0.2) is 36.5 Å². The Bertz CT molecular complexity index is 272. The highest BCUT2D eigenvalue weighted by atomic mass is 16.2. The number of carbonyl (C=O) groups is 1. The van der Waals surface area contributed by atoms with Gasteiger partial charge < -0.3 is 10.2 Å². The van der Waals surface area contributed by atoms with Crippen LogP contribution in [0.2, 0.25) is 0 Å². The SMILES string of the molecule is CCNC1CCN(CCC2CCC(C)CC2)C1=O. The van der Waals surface area contributed by atoms with Crippen LogP contribution in [0.25, 0.3) is 0 Å². The van der Waals surface area contributed by atoms with Crippen molar-refractivity contribution in [3.63, 3.8) is 0 Å². The van der Waals surface area contributed by atoms with E-state index in [2.05, 4.69) is 24.1 Å². The highest BCUT2D eigenvalue weighted by Gasteiger charge is 2.31. The Morgan fingerprint density at radius 1 is 1.22 bits per heavy atom. The number of rotatable bonds is 5. The molecule has 2 aliphatic rings. The van der Waals surface area contributed by atoms with Crippen molar-refractivity contribution >= 4 is 5.91 Å². The number of likely N-dealkylation sites (N-methyl/N-ethyl adjacent to an activating group) is 1. The molecule has 3 heteroatoms. The minimum Gasteiger partial charge on any atom is -0.341 e. The number of hydrogen-bond donors (Lipinski definition) is 1. The maximum atomic E-state index is 12.1. The van der Waals surface area contributed by atoms with Gasteiger partial charge in [0.2, 0.25) is 5.91 Å². The molecule has 0 aromatic heterocycles. The number of hydrogen-bond acceptors (Lipinski definition) is 2. The van der Waals surface area contributed by atoms with Gasteiger partial charge in [0.15, 0.2) is 0 Å². The number of amides is 1. The van der Waals surface area contributed by atoms with Crippen LogP contribution >= 0.6 is 0 Å². The van der Waals surface area contributed by atoms with E-state index in [1.54, 1.807) is 0 Å². The Hall–Kier alpha value is -0.570. The van der Waals surface area contributed by atoms with Crippen molar-refractivity contribution in [2.24, 2.45) is 11.8 Å². The van der Waals surface area contributed by atoms with Gasteiger partial charge in [-0.3, -0.25) is 4.79 Å². The summed E-state index contributed by atoms with van der Waals surface area (Å²) >= 11 is 0. The summed E-state index contributed by atoms with van der Waals surface area (Å²) in [6, 6.07) is 0.0985. The average molecular weight is 252 g/mol. The Labute approximate surface area is 111 Å². The third kappa shape index (κ3) is 3.47. The van der Waals surface area contributed by atoms with Crippen molar-refractivity contribution in [3.8, 4) is 0 Å². The summed E-state index contributed by atoms with van der Waals surface area (Å²) in [7, 11) is 0. The summed E-state index contributed by atoms with van der Waals surface area (Å²) in [5.41, 5.74) is 0. The van der Waals surface area contributed by atoms with Crippen LogP contribution in [0, 0.1) is 11.8 Å². The van der Waals surface area contributed by atoms with Crippen molar-refractivity contribution < 1.29 is 4.79 Å². The molecule has 2 rings (SSSR count). The molecule has 1 atom stereocenters. The maximum Gasteiger partial charge on any atom is 0.239 e. The second-order valence-corrected chi connectivity index (χ2v) is 6.14. The molecule has 1 aliphatic heterocycles. The summed E-state index contributed by atoms with van der Waals surface area (Å²) in [5, 5.41) is 3.28. The quantitative estimate of drug-likeness (QED) is 0.815. The fraction of sp³-hybridized carbons (Fsp3) is 0.933. The number of carbonyl (C=O) groups excluding carboxylic acids is 1. The van der Waals surface area contributed by atoms with Gasteiger partial charge in [-0.05, 0) is 31.2 Å². The molecule has 0 radical (unpaired) electrons. The summed E-state index contributed by atoms with van der Waals surface area (Å²) in [4.78, 5) is 14.2. The number of nitrogens with zero attached hydrogens (tertiary/aromatic N) is 1. The van der Waals surface area contributed by atoms with Crippen molar-refractivity contribution in [2.45, 2.75) is 58.4 Å². The van der Waals surface area contributed by atoms with E-state index in [9.17, 15) is 4.79 Å². The van der Waals surface area contributed by atoms with Crippen molar-refractivity contribution in [1.82, 2.24) is 10.2 Å². The first kappa shape index (κ1) is 13.9. The molecule has 1 saturated carbocycles. The van der Waals surface area contributed by atoms with Crippen LogP contribution in [0.15, 0.2) is 0 Å². The van der Waals surface area contributed by atoms with Gasteiger partial charge in [-0.1, -0.05) is 39.5 Å². The molecule has 1 amide bonds. The molecule has 1 unspecified atom stereocenters. The van der Waals surface area contributed by atoms with Crippen LogP contribution in [0.4, 0.5) is 0 Å². The zero-order valence-electron chi connectivity index (χ0n) is 12.0. The molecule has 3 nitrogen and oxygen atoms in total. The molecule has 0 aromatic carbocycles. The van der Waals surface area contributed by atoms with Crippen LogP contribution in [0.3, 0.4) is 0 Å². The van der Waals surface area contributed by atoms with Gasteiger partial charge in [0.05, 0.1) is 6.04 Å². The molecule has 0 aromatic rings. The van der Waals surface area contributed by atoms with E-state index >= 15 is 0 Å². The summed E-state index contributed by atoms with van der Waals surface area (Å²) < 4.78 is 0. The fourth-order valence-corrected chi connectivity index (χ4v) is 3.35. The normalized spacial score (nSPS) is 33.1. The lowest BCUT2D eigenvalue weighted by molar-refractivity contribution is -0.129. The second-order valence-electron chi connectivity index (χ2n) is 6.14. The largest absolute Gasteiger partial charge is 0.341 e. The molecule has 1 aliphatic carbocycles. The van der Waals surface area contributed by atoms with Crippen molar-refractivity contribution in [1.29, 1.82) is 0 Å². The van der Waals surface area contributed by atoms with Gasteiger partial charge in [0.1, 0.15) is 0 Å². The van der Waals surface area contributed by atoms with Crippen LogP contribution < -0.4 is 5.32 Å². The zero-order chi connectivity index (χ0) is 13.0. The number of likely N-dealkylation sites (tertiary alicyclic amines) is 1. The van der Waals surface area contributed by atoms with Gasteiger partial charge in [-0.2, -0.15) is 0 Å². The van der Waals surface area contributed by atoms with Gasteiger partial charge in [-0.15, -0.1) is 0 Å². The summed E-state index contributed by atoms with van der Waals surface area (Å²) in [6.07, 6.45) is 7.74. The van der Waals surface area contributed by atoms with Gasteiger partial charge in [0.25, 0.3) is 0 Å². The van der Waals surface area contributed by atoms with Gasteiger partial charge >= 0.3 is 0 Å². The van der Waals surface area contributed by atoms with E-state index in [0.717, 1.165) is 37.9 Å². The van der Waals surface area contributed by atoms with E-state index in [0.29, 0.717) is 5.91 Å². The topological polar surface area (TPSA) is 32.3 Å². The maximum absolute atomic E-state index is 12.1. The second kappa shape index (κ2) is 6.55. The standard InChI is InChI=1S/C15H28N2O/c1-3-16-14-9-11-17(15(14)18)10-8-13-6-4-12(2)5-7-13/h12-14,16H,3-11H2,1-2H3. The van der Waals surface area contributed by atoms with E-state index in [-0.39, 0.29) is 6.04 Å². The average Bonchev–Trinajstić information content (AvgIpc) is 2.71. The molecular weight excluding hydrogens is 224 g/mol. The molecule has 18 heavy (non-hydrogen) atoms. The molecule has 1 N–H and O–H groups in total. The smallest absolute Gasteiger partial charge is 0.239 e. The molecule has 104 valence electrons. The van der Waals surface area contributed by atoms with E-state index in [1.165, 1.54) is 32.1 Å². The van der Waals surface area contributed by atoms with Crippen molar-refractivity contribution in [2.75, 3.05) is 19.6 Å².